The molecule has 0 saturated carbocycles. The van der Waals surface area contributed by atoms with E-state index in [4.69, 9.17) is 7.85 Å². The van der Waals surface area contributed by atoms with E-state index >= 15 is 0 Å². The summed E-state index contributed by atoms with van der Waals surface area (Å²) < 4.78 is 0. The van der Waals surface area contributed by atoms with Crippen molar-refractivity contribution in [3.8, 4) is 0 Å². The molecule has 1 rings (SSSR count). The minimum absolute atomic E-state index is 0.687. The van der Waals surface area contributed by atoms with Crippen LogP contribution in [0.25, 0.3) is 0 Å². The average Bonchev–Trinajstić information content (AvgIpc) is 2.21. The smallest absolute Gasteiger partial charge is 0.116 e. The van der Waals surface area contributed by atoms with E-state index in [1.54, 1.807) is 6.34 Å². The quantitative estimate of drug-likeness (QED) is 0.416. The Balaban J connectivity index is 2.95. The molecule has 0 N–H and O–H groups in total. The summed E-state index contributed by atoms with van der Waals surface area (Å²) in [7, 11) is 7.75. The summed E-state index contributed by atoms with van der Waals surface area (Å²) in [6.07, 6.45) is 1.79. The van der Waals surface area contributed by atoms with Crippen molar-refractivity contribution in [3.05, 3.63) is 17.5 Å². The molecule has 3 nitrogen and oxygen atoms in total. The van der Waals surface area contributed by atoms with Crippen molar-refractivity contribution in [1.82, 2.24) is 9.88 Å². The van der Waals surface area contributed by atoms with Crippen molar-refractivity contribution in [2.45, 2.75) is 20.8 Å². The molecule has 0 spiro atoms. The maximum atomic E-state index is 5.78. The highest BCUT2D eigenvalue weighted by molar-refractivity contribution is 6.33. The van der Waals surface area contributed by atoms with E-state index in [0.717, 1.165) is 23.6 Å². The van der Waals surface area contributed by atoms with Gasteiger partial charge in [0.25, 0.3) is 0 Å². The Morgan fingerprint density at radius 2 is 2.13 bits per heavy atom. The number of pyridine rings is 1. The zero-order valence-corrected chi connectivity index (χ0v) is 9.78. The van der Waals surface area contributed by atoms with Crippen LogP contribution in [0.3, 0.4) is 0 Å². The monoisotopic (exact) mass is 201 g/mol. The van der Waals surface area contributed by atoms with Gasteiger partial charge in [-0.25, -0.2) is 4.99 Å². The van der Waals surface area contributed by atoms with Gasteiger partial charge in [0.15, 0.2) is 0 Å². The van der Waals surface area contributed by atoms with E-state index in [2.05, 4.69) is 16.9 Å². The molecule has 0 aromatic carbocycles. The van der Waals surface area contributed by atoms with Gasteiger partial charge in [0, 0.05) is 19.3 Å². The van der Waals surface area contributed by atoms with Gasteiger partial charge >= 0.3 is 0 Å². The van der Waals surface area contributed by atoms with Crippen LogP contribution in [0.15, 0.2) is 11.1 Å². The lowest BCUT2D eigenvalue weighted by Crippen LogP contribution is -2.15. The molecule has 0 aliphatic heterocycles. The Labute approximate surface area is 92.6 Å². The minimum Gasteiger partial charge on any atom is -0.366 e. The van der Waals surface area contributed by atoms with Gasteiger partial charge < -0.3 is 4.90 Å². The van der Waals surface area contributed by atoms with Gasteiger partial charge in [-0.3, -0.25) is 4.98 Å². The molecule has 0 amide bonds. The van der Waals surface area contributed by atoms with Crippen molar-refractivity contribution in [1.29, 1.82) is 0 Å². The highest BCUT2D eigenvalue weighted by Gasteiger charge is 2.00. The number of aryl methyl sites for hydroxylation is 2. The first-order valence-electron chi connectivity index (χ1n) is 5.02. The third-order valence-electron chi connectivity index (χ3n) is 2.31. The highest BCUT2D eigenvalue weighted by atomic mass is 15.1. The zero-order valence-electron chi connectivity index (χ0n) is 9.78. The van der Waals surface area contributed by atoms with Crippen LogP contribution in [0.2, 0.25) is 0 Å². The second-order valence-electron chi connectivity index (χ2n) is 3.59. The third-order valence-corrected chi connectivity index (χ3v) is 2.31. The van der Waals surface area contributed by atoms with Gasteiger partial charge in [-0.1, -0.05) is 5.46 Å². The minimum atomic E-state index is 0.687. The lowest BCUT2D eigenvalue weighted by molar-refractivity contribution is 0.552. The Morgan fingerprint density at radius 3 is 2.73 bits per heavy atom. The first-order chi connectivity index (χ1) is 7.04. The van der Waals surface area contributed by atoms with Crippen LogP contribution in [0.5, 0.6) is 0 Å². The summed E-state index contributed by atoms with van der Waals surface area (Å²) in [5, 5.41) is 0. The van der Waals surface area contributed by atoms with Crippen LogP contribution >= 0.6 is 0 Å². The van der Waals surface area contributed by atoms with Crippen LogP contribution in [0, 0.1) is 13.8 Å². The molecule has 1 aromatic rings. The summed E-state index contributed by atoms with van der Waals surface area (Å²) in [4.78, 5) is 10.7. The molecule has 1 heterocycles. The Bertz CT molecular complexity index is 374. The second-order valence-corrected chi connectivity index (χ2v) is 3.59. The number of aliphatic imine (C=N–C) groups is 1. The van der Waals surface area contributed by atoms with Crippen LogP contribution < -0.4 is 5.46 Å². The summed E-state index contributed by atoms with van der Waals surface area (Å²) in [5.41, 5.74) is 3.28. The van der Waals surface area contributed by atoms with Gasteiger partial charge in [0.2, 0.25) is 0 Å². The van der Waals surface area contributed by atoms with Crippen LogP contribution in [0.4, 0.5) is 5.69 Å². The van der Waals surface area contributed by atoms with Crippen molar-refractivity contribution >= 4 is 25.3 Å². The second kappa shape index (κ2) is 4.96. The molecule has 2 radical (unpaired) electrons. The van der Waals surface area contributed by atoms with E-state index in [0.29, 0.717) is 5.46 Å². The van der Waals surface area contributed by atoms with Crippen molar-refractivity contribution in [3.63, 3.8) is 0 Å². The molecule has 0 atom stereocenters. The highest BCUT2D eigenvalue weighted by Crippen LogP contribution is 2.14. The topological polar surface area (TPSA) is 28.5 Å². The number of rotatable bonds is 3. The van der Waals surface area contributed by atoms with Gasteiger partial charge in [-0.2, -0.15) is 0 Å². The third kappa shape index (κ3) is 3.08. The zero-order chi connectivity index (χ0) is 11.4. The summed E-state index contributed by atoms with van der Waals surface area (Å²) in [6, 6.07) is 1.86. The Morgan fingerprint density at radius 1 is 1.47 bits per heavy atom. The first-order valence-corrected chi connectivity index (χ1v) is 5.02. The molecule has 0 fully saturated rings. The van der Waals surface area contributed by atoms with E-state index < -0.39 is 0 Å². The molecule has 1 aromatic heterocycles. The van der Waals surface area contributed by atoms with Crippen molar-refractivity contribution in [2.24, 2.45) is 4.99 Å². The maximum Gasteiger partial charge on any atom is 0.116 e. The molecule has 0 bridgehead atoms. The fraction of sp³-hybridized carbons (Fsp3) is 0.455. The number of nitrogens with zero attached hydrogens (tertiary/aromatic N) is 3. The largest absolute Gasteiger partial charge is 0.366 e. The van der Waals surface area contributed by atoms with E-state index in [1.165, 1.54) is 0 Å². The Hall–Kier alpha value is -1.32. The lowest BCUT2D eigenvalue weighted by atomic mass is 9.94. The van der Waals surface area contributed by atoms with Gasteiger partial charge in [0.1, 0.15) is 7.85 Å². The van der Waals surface area contributed by atoms with Crippen molar-refractivity contribution < 1.29 is 0 Å². The van der Waals surface area contributed by atoms with Crippen LogP contribution in [-0.4, -0.2) is 37.7 Å². The van der Waals surface area contributed by atoms with E-state index in [-0.39, 0.29) is 0 Å². The number of hydrogen-bond acceptors (Lipinski definition) is 2. The fourth-order valence-electron chi connectivity index (χ4n) is 1.10. The van der Waals surface area contributed by atoms with E-state index in [9.17, 15) is 0 Å². The van der Waals surface area contributed by atoms with Gasteiger partial charge in [-0.05, 0) is 26.8 Å². The number of hydrogen-bond donors (Lipinski definition) is 0. The molecular formula is C11H16BN3. The first kappa shape index (κ1) is 11.8. The summed E-state index contributed by atoms with van der Waals surface area (Å²) >= 11 is 0. The normalized spacial score (nSPS) is 10.9. The fourth-order valence-corrected chi connectivity index (χ4v) is 1.10. The number of aromatic nitrogens is 1. The molecule has 78 valence electrons. The average molecular weight is 201 g/mol. The summed E-state index contributed by atoms with van der Waals surface area (Å²) in [6.45, 7) is 6.83. The lowest BCUT2D eigenvalue weighted by Gasteiger charge is -2.09. The molecule has 15 heavy (non-hydrogen) atoms. The van der Waals surface area contributed by atoms with Gasteiger partial charge in [0.05, 0.1) is 17.7 Å². The van der Waals surface area contributed by atoms with Gasteiger partial charge in [-0.15, -0.1) is 0 Å². The van der Waals surface area contributed by atoms with E-state index in [1.807, 2.05) is 31.9 Å². The predicted octanol–water partition coefficient (Wildman–Crippen LogP) is 1.10. The standard InChI is InChI=1S/C11H16BN3/c1-5-15(4)7-13-11-6-10(12)8(2)14-9(11)3/h6-7H,5H2,1-4H3. The SMILES string of the molecule is [B]c1cc(N=CN(C)CC)c(C)nc1C. The van der Waals surface area contributed by atoms with Crippen LogP contribution in [0.1, 0.15) is 18.3 Å². The molecule has 0 unspecified atom stereocenters. The maximum absolute atomic E-state index is 5.78. The predicted molar refractivity (Wildman–Crippen MR) is 65.6 cm³/mol. The molecule has 0 saturated heterocycles. The molecular weight excluding hydrogens is 185 g/mol. The molecule has 4 heteroatoms. The molecule has 0 aliphatic carbocycles. The van der Waals surface area contributed by atoms with Crippen molar-refractivity contribution in [2.75, 3.05) is 13.6 Å². The van der Waals surface area contributed by atoms with Crippen LogP contribution in [-0.2, 0) is 0 Å². The molecule has 0 aliphatic rings. The summed E-state index contributed by atoms with van der Waals surface area (Å²) in [5.74, 6) is 0. The Kier molecular flexibility index (Phi) is 3.89.